The van der Waals surface area contributed by atoms with Crippen LogP contribution in [0.25, 0.3) is 10.9 Å². The summed E-state index contributed by atoms with van der Waals surface area (Å²) in [5.41, 5.74) is 1.94. The summed E-state index contributed by atoms with van der Waals surface area (Å²) in [7, 11) is 1.67. The predicted octanol–water partition coefficient (Wildman–Crippen LogP) is 4.49. The Labute approximate surface area is 159 Å². The van der Waals surface area contributed by atoms with Crippen LogP contribution < -0.4 is 5.56 Å². The SMILES string of the molecule is COCCCn1c(SCc2cccc(Br)c2)nc2ccccc2c1=O. The maximum Gasteiger partial charge on any atom is 0.262 e. The Morgan fingerprint density at radius 2 is 2.04 bits per heavy atom. The molecule has 3 aromatic rings. The first-order valence-corrected chi connectivity index (χ1v) is 9.82. The maximum absolute atomic E-state index is 12.9. The van der Waals surface area contributed by atoms with E-state index in [1.54, 1.807) is 23.4 Å². The second-order valence-corrected chi connectivity index (χ2v) is 7.49. The highest BCUT2D eigenvalue weighted by Crippen LogP contribution is 2.24. The molecular weight excluding hydrogens is 400 g/mol. The number of para-hydroxylation sites is 1. The normalized spacial score (nSPS) is 11.1. The number of fused-ring (bicyclic) bond motifs is 1. The van der Waals surface area contributed by atoms with E-state index in [2.05, 4.69) is 28.1 Å². The number of halogens is 1. The second-order valence-electron chi connectivity index (χ2n) is 5.63. The fourth-order valence-corrected chi connectivity index (χ4v) is 4.01. The van der Waals surface area contributed by atoms with Gasteiger partial charge in [0.15, 0.2) is 5.16 Å². The highest BCUT2D eigenvalue weighted by molar-refractivity contribution is 9.10. The lowest BCUT2D eigenvalue weighted by atomic mass is 10.2. The summed E-state index contributed by atoms with van der Waals surface area (Å²) >= 11 is 5.08. The van der Waals surface area contributed by atoms with Gasteiger partial charge in [-0.1, -0.05) is 52.0 Å². The summed E-state index contributed by atoms with van der Waals surface area (Å²) in [5, 5.41) is 1.41. The fourth-order valence-electron chi connectivity index (χ4n) is 2.60. The molecule has 0 aliphatic carbocycles. The van der Waals surface area contributed by atoms with Crippen LogP contribution in [0.5, 0.6) is 0 Å². The Balaban J connectivity index is 1.93. The lowest BCUT2D eigenvalue weighted by Gasteiger charge is -2.13. The van der Waals surface area contributed by atoms with Gasteiger partial charge in [0.05, 0.1) is 10.9 Å². The molecule has 2 aromatic carbocycles. The van der Waals surface area contributed by atoms with Crippen molar-refractivity contribution >= 4 is 38.6 Å². The molecule has 0 atom stereocenters. The molecule has 0 N–H and O–H groups in total. The number of hydrogen-bond donors (Lipinski definition) is 0. The number of thioether (sulfide) groups is 1. The van der Waals surface area contributed by atoms with E-state index in [4.69, 9.17) is 9.72 Å². The smallest absolute Gasteiger partial charge is 0.262 e. The molecule has 0 amide bonds. The monoisotopic (exact) mass is 418 g/mol. The highest BCUT2D eigenvalue weighted by atomic mass is 79.9. The van der Waals surface area contributed by atoms with Gasteiger partial charge in [-0.2, -0.15) is 0 Å². The molecule has 3 rings (SSSR count). The third kappa shape index (κ3) is 4.51. The lowest BCUT2D eigenvalue weighted by Crippen LogP contribution is -2.24. The summed E-state index contributed by atoms with van der Waals surface area (Å²) in [6.45, 7) is 1.22. The van der Waals surface area contributed by atoms with Gasteiger partial charge in [0, 0.05) is 30.5 Å². The van der Waals surface area contributed by atoms with Crippen molar-refractivity contribution in [2.45, 2.75) is 23.9 Å². The van der Waals surface area contributed by atoms with Gasteiger partial charge in [-0.3, -0.25) is 9.36 Å². The van der Waals surface area contributed by atoms with Crippen molar-refractivity contribution in [2.75, 3.05) is 13.7 Å². The Morgan fingerprint density at radius 3 is 2.84 bits per heavy atom. The number of ether oxygens (including phenoxy) is 1. The minimum Gasteiger partial charge on any atom is -0.385 e. The van der Waals surface area contributed by atoms with Crippen LogP contribution in [0.1, 0.15) is 12.0 Å². The van der Waals surface area contributed by atoms with Crippen LogP contribution in [0, 0.1) is 0 Å². The topological polar surface area (TPSA) is 44.1 Å². The van der Waals surface area contributed by atoms with Crippen LogP contribution in [0.4, 0.5) is 0 Å². The standard InChI is InChI=1S/C19H19BrN2O2S/c1-24-11-5-10-22-18(23)16-8-2-3-9-17(16)21-19(22)25-13-14-6-4-7-15(20)12-14/h2-4,6-9,12H,5,10-11,13H2,1H3. The first-order chi connectivity index (χ1) is 12.2. The largest absolute Gasteiger partial charge is 0.385 e. The van der Waals surface area contributed by atoms with Crippen molar-refractivity contribution < 1.29 is 4.74 Å². The van der Waals surface area contributed by atoms with Crippen molar-refractivity contribution in [2.24, 2.45) is 0 Å². The molecule has 1 aromatic heterocycles. The van der Waals surface area contributed by atoms with E-state index in [1.165, 1.54) is 5.56 Å². The first-order valence-electron chi connectivity index (χ1n) is 8.05. The van der Waals surface area contributed by atoms with Crippen molar-refractivity contribution in [1.82, 2.24) is 9.55 Å². The summed E-state index contributed by atoms with van der Waals surface area (Å²) in [4.78, 5) is 17.6. The van der Waals surface area contributed by atoms with E-state index < -0.39 is 0 Å². The van der Waals surface area contributed by atoms with Crippen LogP contribution >= 0.6 is 27.7 Å². The van der Waals surface area contributed by atoms with Crippen LogP contribution in [0.15, 0.2) is 63.0 Å². The van der Waals surface area contributed by atoms with Gasteiger partial charge in [0.2, 0.25) is 0 Å². The van der Waals surface area contributed by atoms with Crippen molar-refractivity contribution in [3.63, 3.8) is 0 Å². The number of benzene rings is 2. The van der Waals surface area contributed by atoms with Gasteiger partial charge in [-0.15, -0.1) is 0 Å². The van der Waals surface area contributed by atoms with Gasteiger partial charge in [-0.25, -0.2) is 4.98 Å². The van der Waals surface area contributed by atoms with E-state index >= 15 is 0 Å². The van der Waals surface area contributed by atoms with Gasteiger partial charge in [0.25, 0.3) is 5.56 Å². The van der Waals surface area contributed by atoms with E-state index in [0.717, 1.165) is 27.3 Å². The molecule has 4 nitrogen and oxygen atoms in total. The molecule has 0 saturated heterocycles. The fraction of sp³-hybridized carbons (Fsp3) is 0.263. The molecular formula is C19H19BrN2O2S. The highest BCUT2D eigenvalue weighted by Gasteiger charge is 2.11. The van der Waals surface area contributed by atoms with Crippen LogP contribution in [0.3, 0.4) is 0 Å². The molecule has 0 spiro atoms. The molecule has 1 heterocycles. The zero-order valence-corrected chi connectivity index (χ0v) is 16.3. The molecule has 0 fully saturated rings. The molecule has 0 aliphatic heterocycles. The molecule has 0 saturated carbocycles. The maximum atomic E-state index is 12.9. The third-order valence-corrected chi connectivity index (χ3v) is 5.35. The number of methoxy groups -OCH3 is 1. The van der Waals surface area contributed by atoms with Crippen LogP contribution in [0.2, 0.25) is 0 Å². The van der Waals surface area contributed by atoms with E-state index in [9.17, 15) is 4.79 Å². The van der Waals surface area contributed by atoms with Crippen LogP contribution in [-0.4, -0.2) is 23.3 Å². The van der Waals surface area contributed by atoms with Crippen molar-refractivity contribution in [3.05, 3.63) is 68.9 Å². The van der Waals surface area contributed by atoms with Gasteiger partial charge in [0.1, 0.15) is 0 Å². The number of aromatic nitrogens is 2. The van der Waals surface area contributed by atoms with Gasteiger partial charge in [-0.05, 0) is 36.2 Å². The average Bonchev–Trinajstić information content (AvgIpc) is 2.62. The molecule has 130 valence electrons. The summed E-state index contributed by atoms with van der Waals surface area (Å²) in [5.74, 6) is 0.758. The van der Waals surface area contributed by atoms with E-state index in [-0.39, 0.29) is 5.56 Å². The molecule has 6 heteroatoms. The van der Waals surface area contributed by atoms with Crippen LogP contribution in [-0.2, 0) is 17.0 Å². The number of hydrogen-bond acceptors (Lipinski definition) is 4. The Bertz CT molecular complexity index is 927. The third-order valence-electron chi connectivity index (χ3n) is 3.81. The average molecular weight is 419 g/mol. The summed E-state index contributed by atoms with van der Waals surface area (Å²) in [6, 6.07) is 15.7. The Morgan fingerprint density at radius 1 is 1.20 bits per heavy atom. The van der Waals surface area contributed by atoms with Crippen molar-refractivity contribution in [3.8, 4) is 0 Å². The zero-order valence-electron chi connectivity index (χ0n) is 13.9. The first kappa shape index (κ1) is 18.2. The predicted molar refractivity (Wildman–Crippen MR) is 106 cm³/mol. The molecule has 25 heavy (non-hydrogen) atoms. The summed E-state index contributed by atoms with van der Waals surface area (Å²) in [6.07, 6.45) is 0.779. The summed E-state index contributed by atoms with van der Waals surface area (Å²) < 4.78 is 7.94. The molecule has 0 bridgehead atoms. The Hall–Kier alpha value is -1.63. The molecule has 0 aliphatic rings. The second kappa shape index (κ2) is 8.65. The quantitative estimate of drug-likeness (QED) is 0.322. The van der Waals surface area contributed by atoms with Gasteiger partial charge < -0.3 is 4.74 Å². The molecule has 0 radical (unpaired) electrons. The number of rotatable bonds is 7. The number of nitrogens with zero attached hydrogens (tertiary/aromatic N) is 2. The minimum absolute atomic E-state index is 0.0124. The zero-order chi connectivity index (χ0) is 17.6. The lowest BCUT2D eigenvalue weighted by molar-refractivity contribution is 0.189. The van der Waals surface area contributed by atoms with E-state index in [0.29, 0.717) is 18.5 Å². The van der Waals surface area contributed by atoms with Crippen molar-refractivity contribution in [1.29, 1.82) is 0 Å². The van der Waals surface area contributed by atoms with E-state index in [1.807, 2.05) is 36.4 Å². The van der Waals surface area contributed by atoms with Gasteiger partial charge >= 0.3 is 0 Å². The molecule has 0 unspecified atom stereocenters. The Kier molecular flexibility index (Phi) is 6.29. The minimum atomic E-state index is 0.0124.